The molecule has 1 saturated carbocycles. The lowest BCUT2D eigenvalue weighted by molar-refractivity contribution is 0.0490. The number of amides is 1. The first kappa shape index (κ1) is 25.9. The summed E-state index contributed by atoms with van der Waals surface area (Å²) in [5.41, 5.74) is 0.602. The number of alkyl carbamates (subject to hydrolysis) is 1. The number of thiazole rings is 1. The molecule has 1 aromatic rings. The van der Waals surface area contributed by atoms with E-state index in [9.17, 15) is 4.79 Å². The van der Waals surface area contributed by atoms with Gasteiger partial charge in [-0.1, -0.05) is 0 Å². The first-order chi connectivity index (χ1) is 13.2. The van der Waals surface area contributed by atoms with Crippen molar-refractivity contribution in [1.29, 1.82) is 0 Å². The van der Waals surface area contributed by atoms with E-state index in [1.54, 1.807) is 11.3 Å². The van der Waals surface area contributed by atoms with Crippen molar-refractivity contribution in [2.24, 2.45) is 4.99 Å². The fourth-order valence-electron chi connectivity index (χ4n) is 3.24. The number of carbonyl (C=O) groups is 1. The SMILES string of the molecule is CCNC(=NCc1sc(C)nc1C)NC1CCC(NC(=O)OC(C)(C)C)CC1.I. The summed E-state index contributed by atoms with van der Waals surface area (Å²) in [7, 11) is 0. The molecule has 2 rings (SSSR count). The second kappa shape index (κ2) is 11.9. The standard InChI is InChI=1S/C20H35N5O2S.HI/c1-7-21-18(22-12-17-13(2)23-14(3)28-17)24-15-8-10-16(11-9-15)25-19(26)27-20(4,5)6;/h15-16H,7-12H2,1-6H3,(H,25,26)(H2,21,22,24);1H. The van der Waals surface area contributed by atoms with E-state index in [0.29, 0.717) is 12.6 Å². The van der Waals surface area contributed by atoms with E-state index >= 15 is 0 Å². The van der Waals surface area contributed by atoms with E-state index in [2.05, 4.69) is 27.9 Å². The highest BCUT2D eigenvalue weighted by atomic mass is 127. The molecule has 0 aliphatic heterocycles. The van der Waals surface area contributed by atoms with Crippen molar-refractivity contribution in [3.8, 4) is 0 Å². The first-order valence-corrected chi connectivity index (χ1v) is 10.9. The Morgan fingerprint density at radius 3 is 2.24 bits per heavy atom. The van der Waals surface area contributed by atoms with Crippen molar-refractivity contribution in [3.63, 3.8) is 0 Å². The molecule has 0 aromatic carbocycles. The molecule has 1 aromatic heterocycles. The van der Waals surface area contributed by atoms with Crippen LogP contribution in [0.3, 0.4) is 0 Å². The molecule has 0 radical (unpaired) electrons. The number of aliphatic imine (C=N–C) groups is 1. The van der Waals surface area contributed by atoms with Crippen LogP contribution in [0.25, 0.3) is 0 Å². The second-order valence-corrected chi connectivity index (χ2v) is 9.56. The molecule has 1 fully saturated rings. The highest BCUT2D eigenvalue weighted by Gasteiger charge is 2.25. The van der Waals surface area contributed by atoms with Gasteiger partial charge in [0.2, 0.25) is 0 Å². The molecule has 7 nitrogen and oxygen atoms in total. The summed E-state index contributed by atoms with van der Waals surface area (Å²) in [6, 6.07) is 0.536. The van der Waals surface area contributed by atoms with Crippen LogP contribution in [-0.2, 0) is 11.3 Å². The lowest BCUT2D eigenvalue weighted by Gasteiger charge is -2.31. The van der Waals surface area contributed by atoms with E-state index in [1.807, 2.05) is 34.6 Å². The van der Waals surface area contributed by atoms with E-state index in [0.717, 1.165) is 48.9 Å². The molecule has 29 heavy (non-hydrogen) atoms. The van der Waals surface area contributed by atoms with Crippen LogP contribution in [0.2, 0.25) is 0 Å². The van der Waals surface area contributed by atoms with Crippen LogP contribution in [-0.4, -0.2) is 41.3 Å². The first-order valence-electron chi connectivity index (χ1n) is 10.1. The summed E-state index contributed by atoms with van der Waals surface area (Å²) in [5.74, 6) is 0.844. The zero-order valence-electron chi connectivity index (χ0n) is 18.4. The van der Waals surface area contributed by atoms with Gasteiger partial charge in [0.25, 0.3) is 0 Å². The van der Waals surface area contributed by atoms with Gasteiger partial charge in [-0.3, -0.25) is 0 Å². The van der Waals surface area contributed by atoms with Gasteiger partial charge in [0, 0.05) is 23.5 Å². The van der Waals surface area contributed by atoms with Crippen LogP contribution in [0.5, 0.6) is 0 Å². The molecule has 0 bridgehead atoms. The monoisotopic (exact) mass is 537 g/mol. The predicted octanol–water partition coefficient (Wildman–Crippen LogP) is 4.27. The topological polar surface area (TPSA) is 87.6 Å². The van der Waals surface area contributed by atoms with Gasteiger partial charge < -0.3 is 20.7 Å². The molecule has 9 heteroatoms. The minimum atomic E-state index is -0.463. The molecule has 1 aliphatic carbocycles. The maximum Gasteiger partial charge on any atom is 0.407 e. The molecule has 1 aliphatic rings. The third-order valence-electron chi connectivity index (χ3n) is 4.51. The fraction of sp³-hybridized carbons (Fsp3) is 0.750. The Morgan fingerprint density at radius 2 is 1.76 bits per heavy atom. The van der Waals surface area contributed by atoms with Crippen LogP contribution in [0.15, 0.2) is 4.99 Å². The maximum absolute atomic E-state index is 11.9. The zero-order valence-corrected chi connectivity index (χ0v) is 21.6. The molecule has 1 amide bonds. The average molecular weight is 538 g/mol. The highest BCUT2D eigenvalue weighted by Crippen LogP contribution is 2.20. The third-order valence-corrected chi connectivity index (χ3v) is 5.57. The van der Waals surface area contributed by atoms with Crippen LogP contribution >= 0.6 is 35.3 Å². The number of carbonyl (C=O) groups excluding carboxylic acids is 1. The van der Waals surface area contributed by atoms with Gasteiger partial charge in [-0.15, -0.1) is 35.3 Å². The Bertz CT molecular complexity index is 679. The molecule has 0 atom stereocenters. The average Bonchev–Trinajstić information content (AvgIpc) is 2.90. The zero-order chi connectivity index (χ0) is 20.7. The van der Waals surface area contributed by atoms with Crippen molar-refractivity contribution in [1.82, 2.24) is 20.9 Å². The summed E-state index contributed by atoms with van der Waals surface area (Å²) in [5, 5.41) is 10.9. The molecule has 0 saturated heterocycles. The van der Waals surface area contributed by atoms with Gasteiger partial charge in [0.05, 0.1) is 17.2 Å². The Balaban J connectivity index is 0.00000420. The molecular formula is C20H36IN5O2S. The van der Waals surface area contributed by atoms with Gasteiger partial charge in [0.15, 0.2) is 5.96 Å². The highest BCUT2D eigenvalue weighted by molar-refractivity contribution is 14.0. The number of hydrogen-bond acceptors (Lipinski definition) is 5. The van der Waals surface area contributed by atoms with E-state index in [1.165, 1.54) is 4.88 Å². The number of rotatable bonds is 5. The van der Waals surface area contributed by atoms with Crippen LogP contribution in [0.4, 0.5) is 4.79 Å². The van der Waals surface area contributed by atoms with Gasteiger partial charge >= 0.3 is 6.09 Å². The Labute approximate surface area is 195 Å². The summed E-state index contributed by atoms with van der Waals surface area (Å²) in [6.45, 7) is 13.2. The predicted molar refractivity (Wildman–Crippen MR) is 130 cm³/mol. The fourth-order valence-corrected chi connectivity index (χ4v) is 4.10. The molecule has 0 unspecified atom stereocenters. The van der Waals surface area contributed by atoms with Crippen molar-refractivity contribution >= 4 is 47.4 Å². The van der Waals surface area contributed by atoms with Crippen LogP contribution < -0.4 is 16.0 Å². The van der Waals surface area contributed by atoms with Crippen molar-refractivity contribution < 1.29 is 9.53 Å². The number of hydrogen-bond donors (Lipinski definition) is 3. The number of guanidine groups is 1. The van der Waals surface area contributed by atoms with Gasteiger partial charge in [-0.2, -0.15) is 0 Å². The second-order valence-electron chi connectivity index (χ2n) is 8.28. The van der Waals surface area contributed by atoms with E-state index in [-0.39, 0.29) is 36.1 Å². The minimum Gasteiger partial charge on any atom is -0.444 e. The number of nitrogens with one attached hydrogen (secondary N) is 3. The Hall–Kier alpha value is -1.10. The Morgan fingerprint density at radius 1 is 1.17 bits per heavy atom. The largest absolute Gasteiger partial charge is 0.444 e. The van der Waals surface area contributed by atoms with Crippen LogP contribution in [0, 0.1) is 13.8 Å². The molecular weight excluding hydrogens is 501 g/mol. The Kier molecular flexibility index (Phi) is 10.7. The number of halogens is 1. The quantitative estimate of drug-likeness (QED) is 0.297. The molecule has 0 spiro atoms. The number of nitrogens with zero attached hydrogens (tertiary/aromatic N) is 2. The lowest BCUT2D eigenvalue weighted by Crippen LogP contribution is -2.48. The maximum atomic E-state index is 11.9. The van der Waals surface area contributed by atoms with Gasteiger partial charge in [0.1, 0.15) is 5.60 Å². The number of aromatic nitrogens is 1. The van der Waals surface area contributed by atoms with E-state index in [4.69, 9.17) is 9.73 Å². The summed E-state index contributed by atoms with van der Waals surface area (Å²) < 4.78 is 5.35. The van der Waals surface area contributed by atoms with E-state index < -0.39 is 5.60 Å². The van der Waals surface area contributed by atoms with Crippen molar-refractivity contribution in [2.45, 2.75) is 91.5 Å². The minimum absolute atomic E-state index is 0. The molecule has 3 N–H and O–H groups in total. The van der Waals surface area contributed by atoms with Crippen molar-refractivity contribution in [2.75, 3.05) is 6.54 Å². The molecule has 166 valence electrons. The van der Waals surface area contributed by atoms with Crippen molar-refractivity contribution in [3.05, 3.63) is 15.6 Å². The number of aryl methyl sites for hydroxylation is 2. The summed E-state index contributed by atoms with van der Waals surface area (Å²) in [6.07, 6.45) is 3.52. The summed E-state index contributed by atoms with van der Waals surface area (Å²) >= 11 is 1.70. The number of ether oxygens (including phenoxy) is 1. The van der Waals surface area contributed by atoms with Crippen LogP contribution in [0.1, 0.15) is 69.0 Å². The lowest BCUT2D eigenvalue weighted by atomic mass is 9.91. The summed E-state index contributed by atoms with van der Waals surface area (Å²) in [4.78, 5) is 22.3. The van der Waals surface area contributed by atoms with Gasteiger partial charge in [-0.25, -0.2) is 14.8 Å². The van der Waals surface area contributed by atoms with Gasteiger partial charge in [-0.05, 0) is 67.2 Å². The molecule has 1 heterocycles. The third kappa shape index (κ3) is 9.50. The smallest absolute Gasteiger partial charge is 0.407 e. The normalized spacial score (nSPS) is 19.9.